The summed E-state index contributed by atoms with van der Waals surface area (Å²) in [6.45, 7) is 3.28. The van der Waals surface area contributed by atoms with Crippen LogP contribution < -0.4 is 0 Å². The number of aliphatic hydroxyl groups is 1. The fraction of sp³-hybridized carbons (Fsp3) is 0.818. The largest absolute Gasteiger partial charge is 0.511 e. The Morgan fingerprint density at radius 1 is 1.18 bits per heavy atom. The van der Waals surface area contributed by atoms with E-state index in [4.69, 9.17) is 9.84 Å². The van der Waals surface area contributed by atoms with Crippen molar-refractivity contribution < 1.29 is 28.9 Å². The van der Waals surface area contributed by atoms with Gasteiger partial charge in [0.05, 0.1) is 12.5 Å². The lowest BCUT2D eigenvalue weighted by Crippen LogP contribution is -2.18. The molecule has 0 saturated carbocycles. The van der Waals surface area contributed by atoms with E-state index in [1.165, 1.54) is 0 Å². The van der Waals surface area contributed by atoms with E-state index in [1.807, 2.05) is 0 Å². The Hall–Kier alpha value is -1.30. The molecule has 0 aliphatic carbocycles. The maximum Gasteiger partial charge on any atom is 0.511 e. The number of aliphatic hydroxyl groups excluding tert-OH is 1. The van der Waals surface area contributed by atoms with Crippen molar-refractivity contribution in [1.29, 1.82) is 0 Å². The molecule has 0 aliphatic heterocycles. The first-order valence-electron chi connectivity index (χ1n) is 5.68. The summed E-state index contributed by atoms with van der Waals surface area (Å²) < 4.78 is 13.7. The number of carbonyl (C=O) groups is 2. The zero-order valence-corrected chi connectivity index (χ0v) is 10.3. The van der Waals surface area contributed by atoms with Crippen molar-refractivity contribution in [2.24, 2.45) is 5.92 Å². The van der Waals surface area contributed by atoms with Gasteiger partial charge in [-0.25, -0.2) is 4.79 Å². The van der Waals surface area contributed by atoms with Crippen LogP contribution in [-0.2, 0) is 19.0 Å². The normalized spacial score (nSPS) is 11.7. The smallest absolute Gasteiger partial charge is 0.435 e. The zero-order valence-electron chi connectivity index (χ0n) is 10.3. The minimum Gasteiger partial charge on any atom is -0.435 e. The average molecular weight is 248 g/mol. The molecule has 0 spiro atoms. The van der Waals surface area contributed by atoms with Crippen LogP contribution in [0.25, 0.3) is 0 Å². The summed E-state index contributed by atoms with van der Waals surface area (Å²) >= 11 is 0. The number of unbranched alkanes of at least 4 members (excludes halogenated alkanes) is 1. The van der Waals surface area contributed by atoms with Crippen LogP contribution in [0.4, 0.5) is 4.79 Å². The third-order valence-electron chi connectivity index (χ3n) is 2.09. The Morgan fingerprint density at radius 3 is 2.47 bits per heavy atom. The van der Waals surface area contributed by atoms with Crippen molar-refractivity contribution in [3.05, 3.63) is 0 Å². The highest BCUT2D eigenvalue weighted by atomic mass is 16.8. The van der Waals surface area contributed by atoms with Gasteiger partial charge in [-0.3, -0.25) is 4.79 Å². The minimum atomic E-state index is -0.853. The third-order valence-corrected chi connectivity index (χ3v) is 2.09. The van der Waals surface area contributed by atoms with Gasteiger partial charge in [-0.05, 0) is 19.8 Å². The van der Waals surface area contributed by atoms with E-state index in [0.29, 0.717) is 12.8 Å². The second kappa shape index (κ2) is 9.89. The van der Waals surface area contributed by atoms with E-state index in [1.54, 1.807) is 13.8 Å². The van der Waals surface area contributed by atoms with Gasteiger partial charge in [0.25, 0.3) is 0 Å². The minimum absolute atomic E-state index is 0.119. The molecule has 6 heteroatoms. The lowest BCUT2D eigenvalue weighted by atomic mass is 10.1. The Morgan fingerprint density at radius 2 is 1.88 bits per heavy atom. The van der Waals surface area contributed by atoms with Gasteiger partial charge in [-0.1, -0.05) is 13.3 Å². The molecule has 0 radical (unpaired) electrons. The molecule has 0 aliphatic rings. The number of rotatable bonds is 8. The van der Waals surface area contributed by atoms with Gasteiger partial charge in [0.15, 0.2) is 0 Å². The van der Waals surface area contributed by atoms with Gasteiger partial charge >= 0.3 is 12.1 Å². The standard InChI is InChI=1S/C11H20O6/c1-3-15-11(14)17-8-16-10(13)9(2)6-4-5-7-12/h9,12H,3-8H2,1-2H3. The summed E-state index contributed by atoms with van der Waals surface area (Å²) in [4.78, 5) is 22.1. The topological polar surface area (TPSA) is 82.1 Å². The van der Waals surface area contributed by atoms with E-state index in [9.17, 15) is 9.59 Å². The number of ether oxygens (including phenoxy) is 3. The molecule has 0 aromatic carbocycles. The fourth-order valence-corrected chi connectivity index (χ4v) is 1.12. The molecular formula is C11H20O6. The van der Waals surface area contributed by atoms with Crippen LogP contribution in [-0.4, -0.2) is 37.2 Å². The first-order valence-corrected chi connectivity index (χ1v) is 5.68. The first kappa shape index (κ1) is 15.7. The molecule has 0 rings (SSSR count). The lowest BCUT2D eigenvalue weighted by molar-refractivity contribution is -0.157. The van der Waals surface area contributed by atoms with Crippen molar-refractivity contribution in [2.75, 3.05) is 20.0 Å². The highest BCUT2D eigenvalue weighted by molar-refractivity contribution is 5.72. The summed E-state index contributed by atoms with van der Waals surface area (Å²) in [5.41, 5.74) is 0. The van der Waals surface area contributed by atoms with Gasteiger partial charge in [-0.15, -0.1) is 0 Å². The van der Waals surface area contributed by atoms with Crippen molar-refractivity contribution >= 4 is 12.1 Å². The summed E-state index contributed by atoms with van der Waals surface area (Å²) in [6, 6.07) is 0. The van der Waals surface area contributed by atoms with Crippen LogP contribution in [0.5, 0.6) is 0 Å². The van der Waals surface area contributed by atoms with Crippen LogP contribution in [0, 0.1) is 5.92 Å². The Bertz CT molecular complexity index is 228. The van der Waals surface area contributed by atoms with Gasteiger partial charge < -0.3 is 19.3 Å². The van der Waals surface area contributed by atoms with Gasteiger partial charge in [0.2, 0.25) is 6.79 Å². The number of esters is 1. The maximum atomic E-state index is 11.4. The Labute approximate surface area is 101 Å². The Balaban J connectivity index is 3.60. The van der Waals surface area contributed by atoms with Gasteiger partial charge in [0.1, 0.15) is 0 Å². The molecule has 1 atom stereocenters. The van der Waals surface area contributed by atoms with E-state index in [2.05, 4.69) is 9.47 Å². The maximum absolute atomic E-state index is 11.4. The molecule has 0 aromatic heterocycles. The molecule has 6 nitrogen and oxygen atoms in total. The fourth-order valence-electron chi connectivity index (χ4n) is 1.12. The molecule has 1 N–H and O–H groups in total. The number of hydrogen-bond donors (Lipinski definition) is 1. The number of hydrogen-bond acceptors (Lipinski definition) is 6. The molecule has 1 unspecified atom stereocenters. The predicted molar refractivity (Wildman–Crippen MR) is 59.2 cm³/mol. The summed E-state index contributed by atoms with van der Waals surface area (Å²) in [6.07, 6.45) is 1.20. The second-order valence-electron chi connectivity index (χ2n) is 3.53. The van der Waals surface area contributed by atoms with E-state index in [0.717, 1.165) is 6.42 Å². The number of carbonyl (C=O) groups excluding carboxylic acids is 2. The van der Waals surface area contributed by atoms with Gasteiger partial charge in [0, 0.05) is 6.61 Å². The molecule has 0 heterocycles. The molecule has 0 fully saturated rings. The molecule has 0 amide bonds. The van der Waals surface area contributed by atoms with Crippen molar-refractivity contribution in [1.82, 2.24) is 0 Å². The summed E-state index contributed by atoms with van der Waals surface area (Å²) in [5.74, 6) is -0.695. The van der Waals surface area contributed by atoms with E-state index >= 15 is 0 Å². The molecule has 0 saturated heterocycles. The average Bonchev–Trinajstić information content (AvgIpc) is 2.29. The Kier molecular flexibility index (Phi) is 9.14. The van der Waals surface area contributed by atoms with E-state index in [-0.39, 0.29) is 19.1 Å². The van der Waals surface area contributed by atoms with Crippen LogP contribution in [0.2, 0.25) is 0 Å². The van der Waals surface area contributed by atoms with Crippen LogP contribution in [0.3, 0.4) is 0 Å². The van der Waals surface area contributed by atoms with Crippen LogP contribution in [0.1, 0.15) is 33.1 Å². The highest BCUT2D eigenvalue weighted by Crippen LogP contribution is 2.09. The molecule has 17 heavy (non-hydrogen) atoms. The summed E-state index contributed by atoms with van der Waals surface area (Å²) in [7, 11) is 0. The van der Waals surface area contributed by atoms with E-state index < -0.39 is 18.9 Å². The first-order chi connectivity index (χ1) is 8.11. The van der Waals surface area contributed by atoms with Crippen molar-refractivity contribution in [3.8, 4) is 0 Å². The summed E-state index contributed by atoms with van der Waals surface area (Å²) in [5, 5.41) is 8.58. The molecular weight excluding hydrogens is 228 g/mol. The molecule has 100 valence electrons. The monoisotopic (exact) mass is 248 g/mol. The van der Waals surface area contributed by atoms with Gasteiger partial charge in [-0.2, -0.15) is 0 Å². The second-order valence-corrected chi connectivity index (χ2v) is 3.53. The van der Waals surface area contributed by atoms with Crippen molar-refractivity contribution in [3.63, 3.8) is 0 Å². The SMILES string of the molecule is CCOC(=O)OCOC(=O)C(C)CCCCO. The third kappa shape index (κ3) is 8.50. The zero-order chi connectivity index (χ0) is 13.1. The van der Waals surface area contributed by atoms with Crippen molar-refractivity contribution in [2.45, 2.75) is 33.1 Å². The molecule has 0 aromatic rings. The highest BCUT2D eigenvalue weighted by Gasteiger charge is 2.14. The lowest BCUT2D eigenvalue weighted by Gasteiger charge is -2.10. The molecule has 0 bridgehead atoms. The van der Waals surface area contributed by atoms with Crippen LogP contribution >= 0.6 is 0 Å². The predicted octanol–water partition coefficient (Wildman–Crippen LogP) is 1.46. The quantitative estimate of drug-likeness (QED) is 0.398. The van der Waals surface area contributed by atoms with Crippen LogP contribution in [0.15, 0.2) is 0 Å².